The van der Waals surface area contributed by atoms with E-state index < -0.39 is 5.24 Å². The van der Waals surface area contributed by atoms with E-state index in [2.05, 4.69) is 4.98 Å². The van der Waals surface area contributed by atoms with Crippen LogP contribution < -0.4 is 11.2 Å². The highest BCUT2D eigenvalue weighted by Gasteiger charge is 2.26. The minimum absolute atomic E-state index is 0.277. The normalized spacial score (nSPS) is 12.8. The van der Waals surface area contributed by atoms with E-state index in [4.69, 9.17) is 0 Å². The monoisotopic (exact) mass is 266 g/mol. The van der Waals surface area contributed by atoms with E-state index in [1.807, 2.05) is 51.6 Å². The molecule has 0 saturated carbocycles. The van der Waals surface area contributed by atoms with Gasteiger partial charge in [0, 0.05) is 7.05 Å². The van der Waals surface area contributed by atoms with Gasteiger partial charge in [0.2, 0.25) is 0 Å². The molecule has 6 nitrogen and oxygen atoms in total. The molecule has 2 heterocycles. The second kappa shape index (κ2) is 4.27. The molecule has 0 radical (unpaired) electrons. The van der Waals surface area contributed by atoms with Crippen LogP contribution in [0.4, 0.5) is 0 Å². The smallest absolute Gasteiger partial charge is 0.330 e. The number of aryl methyl sites for hydroxylation is 1. The van der Waals surface area contributed by atoms with Crippen LogP contribution in [0.2, 0.25) is 0 Å². The van der Waals surface area contributed by atoms with Gasteiger partial charge in [-0.1, -0.05) is 0 Å². The Labute approximate surface area is 122 Å². The van der Waals surface area contributed by atoms with Crippen LogP contribution >= 0.6 is 0 Å². The van der Waals surface area contributed by atoms with E-state index in [0.29, 0.717) is 11.2 Å². The van der Waals surface area contributed by atoms with E-state index in [9.17, 15) is 9.59 Å². The lowest BCUT2D eigenvalue weighted by Crippen LogP contribution is -2.53. The second-order valence-corrected chi connectivity index (χ2v) is 7.11. The van der Waals surface area contributed by atoms with Gasteiger partial charge in [0.1, 0.15) is 47.1 Å². The van der Waals surface area contributed by atoms with Crippen LogP contribution in [0.25, 0.3) is 11.2 Å². The molecule has 2 aromatic heterocycles. The van der Waals surface area contributed by atoms with Gasteiger partial charge in [-0.15, -0.1) is 0 Å². The highest BCUT2D eigenvalue weighted by Crippen LogP contribution is 2.12. The number of hydrogen-bond acceptors (Lipinski definition) is 3. The van der Waals surface area contributed by atoms with Gasteiger partial charge in [0.05, 0.1) is 6.33 Å². The number of imidazole rings is 1. The summed E-state index contributed by atoms with van der Waals surface area (Å²) in [6, 6.07) is 0. The molecule has 0 aromatic carbocycles. The molecule has 0 aliphatic rings. The predicted molar refractivity (Wildman–Crippen MR) is 96.4 cm³/mol. The van der Waals surface area contributed by atoms with E-state index in [1.54, 1.807) is 13.4 Å². The molecule has 98 valence electrons. The Morgan fingerprint density at radius 3 is 2.05 bits per heavy atom. The van der Waals surface area contributed by atoms with Gasteiger partial charge in [-0.25, -0.2) is 9.78 Å². The molecular formula is C8H16B6N4O2. The zero-order valence-corrected chi connectivity index (χ0v) is 13.2. The average molecular weight is 265 g/mol. The SMILES string of the molecule is BC(B)(B)n1c(=O)c2c(ncn2C(B)(B)B)n(C)c1=O. The maximum absolute atomic E-state index is 12.8. The minimum atomic E-state index is -0.576. The third kappa shape index (κ3) is 2.11. The van der Waals surface area contributed by atoms with Crippen molar-refractivity contribution in [3.05, 3.63) is 27.2 Å². The van der Waals surface area contributed by atoms with Crippen molar-refractivity contribution in [3.8, 4) is 0 Å². The fourth-order valence-corrected chi connectivity index (χ4v) is 2.32. The molecule has 12 heteroatoms. The van der Waals surface area contributed by atoms with Gasteiger partial charge in [-0.3, -0.25) is 13.9 Å². The van der Waals surface area contributed by atoms with Gasteiger partial charge in [0.25, 0.3) is 5.56 Å². The van der Waals surface area contributed by atoms with Crippen molar-refractivity contribution in [2.75, 3.05) is 0 Å². The molecule has 0 fully saturated rings. The fourth-order valence-electron chi connectivity index (χ4n) is 2.32. The number of rotatable bonds is 2. The summed E-state index contributed by atoms with van der Waals surface area (Å²) in [6.45, 7) is 0. The fraction of sp³-hybridized carbons (Fsp3) is 0.375. The van der Waals surface area contributed by atoms with E-state index in [-0.39, 0.29) is 16.5 Å². The van der Waals surface area contributed by atoms with Gasteiger partial charge in [-0.2, -0.15) is 0 Å². The summed E-state index contributed by atoms with van der Waals surface area (Å²) in [5.41, 5.74) is 0.266. The Morgan fingerprint density at radius 2 is 1.60 bits per heavy atom. The van der Waals surface area contributed by atoms with Gasteiger partial charge < -0.3 is 4.57 Å². The van der Waals surface area contributed by atoms with Crippen molar-refractivity contribution >= 4 is 58.2 Å². The zero-order valence-electron chi connectivity index (χ0n) is 13.2. The first-order valence-electron chi connectivity index (χ1n) is 6.66. The van der Waals surface area contributed by atoms with Crippen LogP contribution in [0, 0.1) is 0 Å². The summed E-state index contributed by atoms with van der Waals surface area (Å²) >= 11 is 0. The standard InChI is InChI=1S/C8H16B6N4O2/c1-16-4-3(17(2-15-4)7(9,10)11)5(19)18(6(16)20)8(12,13)14/h2H,9-14H2,1H3. The summed E-state index contributed by atoms with van der Waals surface area (Å²) in [5, 5.41) is -0.853. The van der Waals surface area contributed by atoms with Crippen LogP contribution in [-0.4, -0.2) is 65.8 Å². The Bertz CT molecular complexity index is 793. The summed E-state index contributed by atoms with van der Waals surface area (Å²) in [6.07, 6.45) is 1.62. The lowest BCUT2D eigenvalue weighted by molar-refractivity contribution is 0.641. The molecule has 0 saturated heterocycles. The molecule has 0 spiro atoms. The van der Waals surface area contributed by atoms with Gasteiger partial charge in [-0.05, 0) is 10.5 Å². The Balaban J connectivity index is 3.08. The first-order chi connectivity index (χ1) is 8.96. The topological polar surface area (TPSA) is 61.8 Å². The van der Waals surface area contributed by atoms with Crippen molar-refractivity contribution in [2.45, 2.75) is 10.5 Å². The summed E-state index contributed by atoms with van der Waals surface area (Å²) < 4.78 is 4.55. The summed E-state index contributed by atoms with van der Waals surface area (Å²) in [5.74, 6) is 0. The largest absolute Gasteiger partial charge is 0.343 e. The Hall–Kier alpha value is -1.46. The van der Waals surface area contributed by atoms with Crippen LogP contribution in [0.5, 0.6) is 0 Å². The summed E-state index contributed by atoms with van der Waals surface area (Å²) in [4.78, 5) is 29.4. The summed E-state index contributed by atoms with van der Waals surface area (Å²) in [7, 11) is 13.2. The van der Waals surface area contributed by atoms with E-state index in [1.165, 1.54) is 9.13 Å². The maximum Gasteiger partial charge on any atom is 0.330 e. The number of aromatic nitrogens is 4. The molecule has 0 aliphatic carbocycles. The van der Waals surface area contributed by atoms with Crippen LogP contribution in [0.3, 0.4) is 0 Å². The zero-order chi connectivity index (χ0) is 15.5. The molecule has 0 atom stereocenters. The Morgan fingerprint density at radius 1 is 1.05 bits per heavy atom. The predicted octanol–water partition coefficient (Wildman–Crippen LogP) is -7.17. The molecule has 2 aromatic rings. The highest BCUT2D eigenvalue weighted by molar-refractivity contribution is 6.57. The minimum Gasteiger partial charge on any atom is -0.343 e. The van der Waals surface area contributed by atoms with Crippen LogP contribution in [-0.2, 0) is 17.5 Å². The van der Waals surface area contributed by atoms with E-state index >= 15 is 0 Å². The quantitative estimate of drug-likeness (QED) is 0.507. The van der Waals surface area contributed by atoms with Gasteiger partial charge >= 0.3 is 5.69 Å². The first-order valence-corrected chi connectivity index (χ1v) is 6.66. The number of fused-ring (bicyclic) bond motifs is 1. The molecule has 0 unspecified atom stereocenters. The molecule has 0 aliphatic heterocycles. The molecule has 20 heavy (non-hydrogen) atoms. The third-order valence-electron chi connectivity index (χ3n) is 3.34. The molecular weight excluding hydrogens is 249 g/mol. The third-order valence-corrected chi connectivity index (χ3v) is 3.34. The average Bonchev–Trinajstić information content (AvgIpc) is 2.68. The molecule has 0 N–H and O–H groups in total. The van der Waals surface area contributed by atoms with Gasteiger partial charge in [0.15, 0.2) is 11.2 Å². The lowest BCUT2D eigenvalue weighted by Gasteiger charge is -2.25. The van der Waals surface area contributed by atoms with Crippen LogP contribution in [0.15, 0.2) is 15.9 Å². The van der Waals surface area contributed by atoms with Crippen LogP contribution in [0.1, 0.15) is 0 Å². The van der Waals surface area contributed by atoms with Crippen molar-refractivity contribution in [3.63, 3.8) is 0 Å². The lowest BCUT2D eigenvalue weighted by atomic mass is 9.49. The van der Waals surface area contributed by atoms with Crippen molar-refractivity contribution in [2.24, 2.45) is 7.05 Å². The van der Waals surface area contributed by atoms with Crippen molar-refractivity contribution < 1.29 is 0 Å². The second-order valence-electron chi connectivity index (χ2n) is 7.11. The first kappa shape index (κ1) is 14.9. The number of nitrogens with zero attached hydrogens (tertiary/aromatic N) is 4. The van der Waals surface area contributed by atoms with E-state index in [0.717, 1.165) is 0 Å². The van der Waals surface area contributed by atoms with Crippen molar-refractivity contribution in [1.82, 2.24) is 18.7 Å². The molecule has 0 amide bonds. The number of hydrogen-bond donors (Lipinski definition) is 0. The maximum atomic E-state index is 12.8. The highest BCUT2D eigenvalue weighted by atomic mass is 16.2. The molecule has 0 bridgehead atoms. The Kier molecular flexibility index (Phi) is 3.19. The molecule has 2 rings (SSSR count). The van der Waals surface area contributed by atoms with Crippen molar-refractivity contribution in [1.29, 1.82) is 0 Å².